The third kappa shape index (κ3) is 3.13. The first-order chi connectivity index (χ1) is 11.6. The average Bonchev–Trinajstić information content (AvgIpc) is 2.58. The van der Waals surface area contributed by atoms with Crippen LogP contribution in [0.5, 0.6) is 0 Å². The first-order valence-corrected chi connectivity index (χ1v) is 9.22. The van der Waals surface area contributed by atoms with Crippen LogP contribution < -0.4 is 0 Å². The van der Waals surface area contributed by atoms with Crippen LogP contribution in [0.4, 0.5) is 0 Å². The lowest BCUT2D eigenvalue weighted by atomic mass is 9.73. The summed E-state index contributed by atoms with van der Waals surface area (Å²) in [5.41, 5.74) is 3.21. The molecule has 2 aromatic rings. The van der Waals surface area contributed by atoms with Crippen LogP contribution in [0.3, 0.4) is 0 Å². The molecule has 0 aromatic heterocycles. The molecular formula is C22H27NO. The second-order valence-corrected chi connectivity index (χ2v) is 7.78. The molecule has 1 N–H and O–H groups in total. The van der Waals surface area contributed by atoms with Crippen LogP contribution in [-0.4, -0.2) is 34.7 Å². The molecule has 2 nitrogen and oxygen atoms in total. The van der Waals surface area contributed by atoms with E-state index in [1.54, 1.807) is 0 Å². The molecule has 2 aliphatic rings. The van der Waals surface area contributed by atoms with E-state index in [0.29, 0.717) is 12.1 Å². The summed E-state index contributed by atoms with van der Waals surface area (Å²) in [6, 6.07) is 20.3. The fourth-order valence-corrected chi connectivity index (χ4v) is 4.72. The lowest BCUT2D eigenvalue weighted by Gasteiger charge is -2.50. The number of nitrogens with zero attached hydrogens (tertiary/aromatic N) is 1. The summed E-state index contributed by atoms with van der Waals surface area (Å²) in [4.78, 5) is 2.51. The van der Waals surface area contributed by atoms with E-state index in [1.807, 2.05) is 6.07 Å². The van der Waals surface area contributed by atoms with Crippen LogP contribution in [-0.2, 0) is 6.42 Å². The first kappa shape index (κ1) is 15.9. The zero-order valence-corrected chi connectivity index (χ0v) is 14.5. The van der Waals surface area contributed by atoms with Crippen LogP contribution in [0, 0.1) is 0 Å². The monoisotopic (exact) mass is 321 g/mol. The first-order valence-electron chi connectivity index (χ1n) is 9.22. The number of aliphatic hydroxyl groups is 1. The van der Waals surface area contributed by atoms with Gasteiger partial charge in [-0.1, -0.05) is 61.0 Å². The second kappa shape index (κ2) is 6.34. The number of piperidine rings is 2. The number of rotatable bonds is 3. The molecular weight excluding hydrogens is 294 g/mol. The second-order valence-electron chi connectivity index (χ2n) is 7.78. The van der Waals surface area contributed by atoms with E-state index in [1.165, 1.54) is 36.0 Å². The van der Waals surface area contributed by atoms with Crippen LogP contribution in [0.2, 0.25) is 0 Å². The molecule has 2 aliphatic heterocycles. The van der Waals surface area contributed by atoms with Crippen molar-refractivity contribution in [1.82, 2.24) is 4.90 Å². The van der Waals surface area contributed by atoms with Crippen molar-refractivity contribution in [2.24, 2.45) is 0 Å². The largest absolute Gasteiger partial charge is 0.389 e. The van der Waals surface area contributed by atoms with Gasteiger partial charge in [0.15, 0.2) is 0 Å². The van der Waals surface area contributed by atoms with Crippen LogP contribution in [0.25, 0.3) is 11.1 Å². The maximum Gasteiger partial charge on any atom is 0.0717 e. The third-order valence-electron chi connectivity index (χ3n) is 6.05. The van der Waals surface area contributed by atoms with Crippen LogP contribution in [0.15, 0.2) is 54.6 Å². The fourth-order valence-electron chi connectivity index (χ4n) is 4.72. The predicted octanol–water partition coefficient (Wildman–Crippen LogP) is 4.27. The summed E-state index contributed by atoms with van der Waals surface area (Å²) < 4.78 is 0. The van der Waals surface area contributed by atoms with E-state index in [-0.39, 0.29) is 0 Å². The summed E-state index contributed by atoms with van der Waals surface area (Å²) in [7, 11) is 2.24. The van der Waals surface area contributed by atoms with Gasteiger partial charge < -0.3 is 10.0 Å². The van der Waals surface area contributed by atoms with Crippen molar-refractivity contribution < 1.29 is 5.11 Å². The van der Waals surface area contributed by atoms with Gasteiger partial charge in [0, 0.05) is 18.5 Å². The van der Waals surface area contributed by atoms with Crippen LogP contribution >= 0.6 is 0 Å². The normalized spacial score (nSPS) is 30.2. The Labute approximate surface area is 145 Å². The van der Waals surface area contributed by atoms with E-state index < -0.39 is 5.60 Å². The highest BCUT2D eigenvalue weighted by Gasteiger charge is 2.43. The summed E-state index contributed by atoms with van der Waals surface area (Å²) in [6.07, 6.45) is 6.41. The molecule has 2 heterocycles. The summed E-state index contributed by atoms with van der Waals surface area (Å²) in [6.45, 7) is 0. The lowest BCUT2D eigenvalue weighted by Crippen LogP contribution is -2.57. The van der Waals surface area contributed by atoms with Gasteiger partial charge in [-0.3, -0.25) is 0 Å². The van der Waals surface area contributed by atoms with Crippen molar-refractivity contribution in [2.75, 3.05) is 7.05 Å². The van der Waals surface area contributed by atoms with E-state index >= 15 is 0 Å². The molecule has 126 valence electrons. The number of hydrogen-bond acceptors (Lipinski definition) is 2. The minimum atomic E-state index is -0.531. The standard InChI is InChI=1S/C22H27NO/c1-23-20-8-5-9-21(23)16-22(24,15-20)14-17-10-12-19(13-11-17)18-6-3-2-4-7-18/h2-4,6-7,10-13,20-21,24H,5,8-9,14-16H2,1H3. The zero-order valence-electron chi connectivity index (χ0n) is 14.5. The van der Waals surface area contributed by atoms with Gasteiger partial charge in [-0.2, -0.15) is 0 Å². The van der Waals surface area contributed by atoms with E-state index in [0.717, 1.165) is 19.3 Å². The molecule has 0 aliphatic carbocycles. The van der Waals surface area contributed by atoms with Gasteiger partial charge in [-0.15, -0.1) is 0 Å². The highest BCUT2D eigenvalue weighted by atomic mass is 16.3. The lowest BCUT2D eigenvalue weighted by molar-refractivity contribution is -0.0820. The van der Waals surface area contributed by atoms with E-state index in [2.05, 4.69) is 60.5 Å². The Morgan fingerprint density at radius 1 is 0.917 bits per heavy atom. The number of fused-ring (bicyclic) bond motifs is 2. The molecule has 2 bridgehead atoms. The van der Waals surface area contributed by atoms with E-state index in [4.69, 9.17) is 0 Å². The molecule has 0 spiro atoms. The topological polar surface area (TPSA) is 23.5 Å². The Morgan fingerprint density at radius 3 is 2.12 bits per heavy atom. The molecule has 24 heavy (non-hydrogen) atoms. The summed E-state index contributed by atoms with van der Waals surface area (Å²) in [5.74, 6) is 0. The Kier molecular flexibility index (Phi) is 4.19. The quantitative estimate of drug-likeness (QED) is 0.912. The molecule has 0 amide bonds. The van der Waals surface area contributed by atoms with Gasteiger partial charge >= 0.3 is 0 Å². The molecule has 2 atom stereocenters. The van der Waals surface area contributed by atoms with Gasteiger partial charge in [-0.25, -0.2) is 0 Å². The highest BCUT2D eigenvalue weighted by molar-refractivity contribution is 5.63. The number of hydrogen-bond donors (Lipinski definition) is 1. The molecule has 2 heteroatoms. The SMILES string of the molecule is CN1C2CCCC1CC(O)(Cc1ccc(-c3ccccc3)cc1)C2. The van der Waals surface area contributed by atoms with Gasteiger partial charge in [0.05, 0.1) is 5.60 Å². The molecule has 2 fully saturated rings. The highest BCUT2D eigenvalue weighted by Crippen LogP contribution is 2.39. The van der Waals surface area contributed by atoms with Crippen molar-refractivity contribution in [3.8, 4) is 11.1 Å². The van der Waals surface area contributed by atoms with Crippen molar-refractivity contribution >= 4 is 0 Å². The zero-order chi connectivity index (χ0) is 16.6. The average molecular weight is 321 g/mol. The summed E-state index contributed by atoms with van der Waals surface area (Å²) in [5, 5.41) is 11.2. The van der Waals surface area contributed by atoms with E-state index in [9.17, 15) is 5.11 Å². The Morgan fingerprint density at radius 2 is 1.50 bits per heavy atom. The Bertz CT molecular complexity index is 665. The third-order valence-corrected chi connectivity index (χ3v) is 6.05. The molecule has 0 saturated carbocycles. The smallest absolute Gasteiger partial charge is 0.0717 e. The van der Waals surface area contributed by atoms with Crippen molar-refractivity contribution in [2.45, 2.75) is 56.2 Å². The van der Waals surface area contributed by atoms with Gasteiger partial charge in [0.25, 0.3) is 0 Å². The predicted molar refractivity (Wildman–Crippen MR) is 99.0 cm³/mol. The van der Waals surface area contributed by atoms with Crippen molar-refractivity contribution in [3.05, 3.63) is 60.2 Å². The maximum absolute atomic E-state index is 11.2. The fraction of sp³-hybridized carbons (Fsp3) is 0.455. The molecule has 2 aromatic carbocycles. The van der Waals surface area contributed by atoms with Crippen molar-refractivity contribution in [3.63, 3.8) is 0 Å². The minimum absolute atomic E-state index is 0.531. The maximum atomic E-state index is 11.2. The minimum Gasteiger partial charge on any atom is -0.389 e. The Balaban J connectivity index is 1.49. The molecule has 0 radical (unpaired) electrons. The number of benzene rings is 2. The molecule has 2 unspecified atom stereocenters. The molecule has 2 saturated heterocycles. The van der Waals surface area contributed by atoms with Gasteiger partial charge in [-0.05, 0) is 49.4 Å². The molecule has 4 rings (SSSR count). The van der Waals surface area contributed by atoms with Crippen LogP contribution in [0.1, 0.15) is 37.7 Å². The Hall–Kier alpha value is -1.64. The van der Waals surface area contributed by atoms with Crippen molar-refractivity contribution in [1.29, 1.82) is 0 Å². The van der Waals surface area contributed by atoms with Gasteiger partial charge in [0.1, 0.15) is 0 Å². The van der Waals surface area contributed by atoms with Gasteiger partial charge in [0.2, 0.25) is 0 Å². The summed E-state index contributed by atoms with van der Waals surface area (Å²) >= 11 is 0.